The summed E-state index contributed by atoms with van der Waals surface area (Å²) >= 11 is 0. The Balaban J connectivity index is 1.06. The van der Waals surface area contributed by atoms with Gasteiger partial charge in [-0.2, -0.15) is 0 Å². The van der Waals surface area contributed by atoms with Gasteiger partial charge in [-0.1, -0.05) is 36.6 Å². The van der Waals surface area contributed by atoms with Crippen molar-refractivity contribution in [3.63, 3.8) is 0 Å². The lowest BCUT2D eigenvalue weighted by molar-refractivity contribution is -0.894. The number of aliphatic hydroxyl groups is 2. The summed E-state index contributed by atoms with van der Waals surface area (Å²) in [4.78, 5) is 19.1. The molecule has 4 aromatic rings. The summed E-state index contributed by atoms with van der Waals surface area (Å²) in [6, 6.07) is 7.15. The van der Waals surface area contributed by atoms with Crippen molar-refractivity contribution in [1.82, 2.24) is 29.4 Å². The minimum absolute atomic E-state index is 0.0313. The van der Waals surface area contributed by atoms with Gasteiger partial charge in [-0.05, 0) is 62.1 Å². The molecule has 1 aromatic carbocycles. The first-order valence-electron chi connectivity index (χ1n) is 14.9. The molecule has 0 radical (unpaired) electrons. The van der Waals surface area contributed by atoms with Gasteiger partial charge in [-0.15, -0.1) is 0 Å². The number of hydrogen-bond donors (Lipinski definition) is 5. The Labute approximate surface area is 245 Å². The molecular weight excluding hydrogens is 536 g/mol. The van der Waals surface area contributed by atoms with Crippen LogP contribution in [0.1, 0.15) is 71.5 Å². The molecule has 12 heteroatoms. The molecule has 4 atom stereocenters. The van der Waals surface area contributed by atoms with E-state index < -0.39 is 24.5 Å². The highest BCUT2D eigenvalue weighted by Gasteiger charge is 2.47. The molecule has 0 spiro atoms. The number of fused-ring (bicyclic) bond motifs is 2. The van der Waals surface area contributed by atoms with E-state index in [1.54, 1.807) is 4.57 Å². The Morgan fingerprint density at radius 2 is 1.95 bits per heavy atom. The van der Waals surface area contributed by atoms with Gasteiger partial charge in [0.1, 0.15) is 30.5 Å². The summed E-state index contributed by atoms with van der Waals surface area (Å²) in [5, 5.41) is 31.6. The van der Waals surface area contributed by atoms with E-state index >= 15 is 0 Å². The molecule has 6 N–H and O–H groups in total. The van der Waals surface area contributed by atoms with Gasteiger partial charge in [0.25, 0.3) is 12.1 Å². The van der Waals surface area contributed by atoms with Crippen molar-refractivity contribution >= 4 is 28.0 Å². The third kappa shape index (κ3) is 5.21. The fourth-order valence-electron chi connectivity index (χ4n) is 6.42. The van der Waals surface area contributed by atoms with Crippen molar-refractivity contribution in [2.45, 2.75) is 102 Å². The van der Waals surface area contributed by atoms with Crippen molar-refractivity contribution in [3.8, 4) is 0 Å². The molecule has 1 saturated heterocycles. The van der Waals surface area contributed by atoms with Crippen LogP contribution in [0.15, 0.2) is 30.9 Å². The minimum Gasteiger partial charge on any atom is -0.387 e. The molecule has 2 aliphatic rings. The highest BCUT2D eigenvalue weighted by Crippen LogP contribution is 2.38. The van der Waals surface area contributed by atoms with Crippen molar-refractivity contribution in [1.29, 1.82) is 0 Å². The van der Waals surface area contributed by atoms with Crippen molar-refractivity contribution in [3.05, 3.63) is 42.2 Å². The predicted octanol–water partition coefficient (Wildman–Crippen LogP) is 2.45. The van der Waals surface area contributed by atoms with E-state index in [9.17, 15) is 15.4 Å². The summed E-state index contributed by atoms with van der Waals surface area (Å²) in [6.45, 7) is 11.5. The van der Waals surface area contributed by atoms with Crippen LogP contribution in [-0.4, -0.2) is 81.8 Å². The van der Waals surface area contributed by atoms with E-state index in [0.29, 0.717) is 28.9 Å². The zero-order valence-corrected chi connectivity index (χ0v) is 25.0. The molecule has 4 heterocycles. The average molecular weight is 580 g/mol. The summed E-state index contributed by atoms with van der Waals surface area (Å²) in [5.74, 6) is 1.69. The second-order valence-corrected chi connectivity index (χ2v) is 13.3. The number of aryl methyl sites for hydroxylation is 1. The zero-order valence-electron chi connectivity index (χ0n) is 25.0. The monoisotopic (exact) mass is 579 g/mol. The average Bonchev–Trinajstić information content (AvgIpc) is 3.60. The van der Waals surface area contributed by atoms with Crippen LogP contribution in [0.25, 0.3) is 22.2 Å². The number of rotatable bonds is 8. The first-order valence-corrected chi connectivity index (χ1v) is 14.9. The molecule has 1 saturated carbocycles. The topological polar surface area (TPSA) is 162 Å². The van der Waals surface area contributed by atoms with Crippen molar-refractivity contribution in [2.75, 3.05) is 12.3 Å². The number of imidazole rings is 2. The van der Waals surface area contributed by atoms with Gasteiger partial charge in [0.15, 0.2) is 6.23 Å². The van der Waals surface area contributed by atoms with Crippen LogP contribution in [0.2, 0.25) is 0 Å². The fourth-order valence-corrected chi connectivity index (χ4v) is 6.42. The molecule has 1 aliphatic heterocycles. The molecule has 6 rings (SSSR count). The first kappa shape index (κ1) is 28.8. The Morgan fingerprint density at radius 3 is 2.67 bits per heavy atom. The number of nitrogens with zero attached hydrogens (tertiary/aromatic N) is 6. The van der Waals surface area contributed by atoms with E-state index in [2.05, 4.69) is 72.7 Å². The molecule has 12 nitrogen and oxygen atoms in total. The number of H-pyrrole nitrogens is 1. The van der Waals surface area contributed by atoms with Crippen LogP contribution >= 0.6 is 0 Å². The standard InChI is InChI=1S/C30H42N8O4/c1-16(2)36(13-22-25(39)26(40)29(42-22)37-14-32-24-27(31)38(41)15-33-28(24)37)19-10-17(11-19)6-9-23-34-20-8-7-18(30(3,4)5)12-21(20)35-23/h7-8,12,14-17,19,22,25-26,29,31,39-41H,6,9-11,13H2,1-5H3,(H,34,35)/p+1/t17?,19?,22-,25-,26-,29-/m1/s1. The normalized spacial score (nSPS) is 26.6. The van der Waals surface area contributed by atoms with Crippen LogP contribution in [0, 0.1) is 5.92 Å². The predicted molar refractivity (Wildman–Crippen MR) is 157 cm³/mol. The lowest BCUT2D eigenvalue weighted by atomic mass is 9.76. The second kappa shape index (κ2) is 10.7. The maximum Gasteiger partial charge on any atom is 0.289 e. The number of benzene rings is 1. The summed E-state index contributed by atoms with van der Waals surface area (Å²) in [5.41, 5.74) is 10.1. The summed E-state index contributed by atoms with van der Waals surface area (Å²) in [6.07, 6.45) is 3.10. The maximum atomic E-state index is 10.9. The van der Waals surface area contributed by atoms with Gasteiger partial charge in [-0.25, -0.2) is 9.97 Å². The van der Waals surface area contributed by atoms with Gasteiger partial charge in [-0.3, -0.25) is 9.47 Å². The highest BCUT2D eigenvalue weighted by molar-refractivity contribution is 5.79. The molecule has 3 aromatic heterocycles. The smallest absolute Gasteiger partial charge is 0.289 e. The molecule has 0 bridgehead atoms. The Morgan fingerprint density at radius 1 is 1.19 bits per heavy atom. The van der Waals surface area contributed by atoms with Gasteiger partial charge >= 0.3 is 0 Å². The van der Waals surface area contributed by atoms with Crippen molar-refractivity contribution in [2.24, 2.45) is 5.92 Å². The van der Waals surface area contributed by atoms with Crippen molar-refractivity contribution < 1.29 is 24.9 Å². The Bertz CT molecular complexity index is 1570. The SMILES string of the molecule is CC(C)N(C[C@H]1O[C@@H](n2cnc3c(N)[n+](O)cnc32)[C@H](O)[C@@H]1O)C1CC(CCc2nc3ccc(C(C)(C)C)cc3[nH]2)C1. The third-order valence-corrected chi connectivity index (χ3v) is 9.08. The molecule has 0 amide bonds. The number of hydrogen-bond acceptors (Lipinski definition) is 9. The van der Waals surface area contributed by atoms with Gasteiger partial charge in [0.05, 0.1) is 11.0 Å². The molecule has 42 heavy (non-hydrogen) atoms. The quantitative estimate of drug-likeness (QED) is 0.156. The van der Waals surface area contributed by atoms with E-state index in [0.717, 1.165) is 48.9 Å². The van der Waals surface area contributed by atoms with Crippen LogP contribution in [-0.2, 0) is 16.6 Å². The number of nitrogens with one attached hydrogen (secondary N) is 1. The number of nitrogen functional groups attached to an aromatic ring is 1. The van der Waals surface area contributed by atoms with E-state index in [4.69, 9.17) is 15.5 Å². The maximum absolute atomic E-state index is 10.9. The van der Waals surface area contributed by atoms with Crippen LogP contribution in [0.3, 0.4) is 0 Å². The van der Waals surface area contributed by atoms with Gasteiger partial charge in [0, 0.05) is 25.0 Å². The van der Waals surface area contributed by atoms with E-state index in [-0.39, 0.29) is 22.8 Å². The third-order valence-electron chi connectivity index (χ3n) is 9.08. The van der Waals surface area contributed by atoms with Gasteiger partial charge < -0.3 is 30.9 Å². The molecule has 2 fully saturated rings. The Kier molecular flexibility index (Phi) is 7.37. The molecular formula is C30H43N8O4+. The second-order valence-electron chi connectivity index (χ2n) is 13.3. The van der Waals surface area contributed by atoms with Crippen LogP contribution in [0.5, 0.6) is 0 Å². The highest BCUT2D eigenvalue weighted by atomic mass is 16.6. The summed E-state index contributed by atoms with van der Waals surface area (Å²) < 4.78 is 8.46. The zero-order chi connectivity index (χ0) is 29.9. The van der Waals surface area contributed by atoms with Crippen LogP contribution in [0.4, 0.5) is 5.82 Å². The molecule has 1 aliphatic carbocycles. The minimum atomic E-state index is -1.16. The Hall–Kier alpha value is -3.32. The fraction of sp³-hybridized carbons (Fsp3) is 0.600. The first-order chi connectivity index (χ1) is 19.9. The number of ether oxygens (including phenoxy) is 1. The largest absolute Gasteiger partial charge is 0.387 e. The number of anilines is 1. The number of aliphatic hydroxyl groups excluding tert-OH is 2. The van der Waals surface area contributed by atoms with E-state index in [1.165, 1.54) is 11.9 Å². The number of nitrogens with two attached hydrogens (primary N) is 1. The lowest BCUT2D eigenvalue weighted by Gasteiger charge is -2.46. The lowest BCUT2D eigenvalue weighted by Crippen LogP contribution is -2.52. The van der Waals surface area contributed by atoms with Gasteiger partial charge in [0.2, 0.25) is 11.2 Å². The van der Waals surface area contributed by atoms with Crippen LogP contribution < -0.4 is 10.5 Å². The number of aromatic amines is 1. The summed E-state index contributed by atoms with van der Waals surface area (Å²) in [7, 11) is 0. The van der Waals surface area contributed by atoms with E-state index in [1.807, 2.05) is 0 Å². The molecule has 226 valence electrons. The number of aromatic nitrogens is 6. The molecule has 0 unspecified atom stereocenters.